The van der Waals surface area contributed by atoms with Gasteiger partial charge >= 0.3 is 0 Å². The monoisotopic (exact) mass is 229 g/mol. The predicted octanol–water partition coefficient (Wildman–Crippen LogP) is 1.94. The van der Waals surface area contributed by atoms with Gasteiger partial charge in [-0.3, -0.25) is 0 Å². The fourth-order valence-electron chi connectivity index (χ4n) is 2.26. The number of aliphatic hydroxyl groups is 1. The normalized spacial score (nSPS) is 27.2. The molecule has 1 aliphatic rings. The molecule has 0 saturated carbocycles. The molecule has 2 N–H and O–H groups in total. The van der Waals surface area contributed by atoms with Crippen LogP contribution in [0, 0.1) is 5.92 Å². The quantitative estimate of drug-likeness (QED) is 0.668. The van der Waals surface area contributed by atoms with Gasteiger partial charge in [0, 0.05) is 0 Å². The largest absolute Gasteiger partial charge is 0.389 e. The number of ether oxygens (including phenoxy) is 1. The smallest absolute Gasteiger partial charge is 0.0948 e. The van der Waals surface area contributed by atoms with E-state index in [1.165, 1.54) is 32.1 Å². The highest BCUT2D eigenvalue weighted by molar-refractivity contribution is 4.80. The van der Waals surface area contributed by atoms with Crippen molar-refractivity contribution in [2.24, 2.45) is 5.92 Å². The topological polar surface area (TPSA) is 41.5 Å². The Kier molecular flexibility index (Phi) is 7.01. The summed E-state index contributed by atoms with van der Waals surface area (Å²) in [5, 5.41) is 13.0. The summed E-state index contributed by atoms with van der Waals surface area (Å²) in [4.78, 5) is 0. The minimum absolute atomic E-state index is 0.156. The van der Waals surface area contributed by atoms with Gasteiger partial charge < -0.3 is 15.2 Å². The summed E-state index contributed by atoms with van der Waals surface area (Å²) in [5.74, 6) is 0.840. The summed E-state index contributed by atoms with van der Waals surface area (Å²) in [6.45, 7) is 6.68. The zero-order valence-electron chi connectivity index (χ0n) is 10.7. The molecule has 0 aromatic carbocycles. The average Bonchev–Trinajstić information content (AvgIpc) is 2.69. The van der Waals surface area contributed by atoms with Crippen molar-refractivity contribution in [3.8, 4) is 0 Å². The Morgan fingerprint density at radius 3 is 2.69 bits per heavy atom. The maximum atomic E-state index is 9.57. The lowest BCUT2D eigenvalue weighted by Crippen LogP contribution is -2.39. The van der Waals surface area contributed by atoms with Crippen LogP contribution in [-0.2, 0) is 4.74 Å². The van der Waals surface area contributed by atoms with Crippen LogP contribution in [-0.4, -0.2) is 37.0 Å². The summed E-state index contributed by atoms with van der Waals surface area (Å²) in [6.07, 6.45) is 6.16. The van der Waals surface area contributed by atoms with Crippen molar-refractivity contribution in [1.82, 2.24) is 5.32 Å². The second-order valence-corrected chi connectivity index (χ2v) is 4.87. The lowest BCUT2D eigenvalue weighted by molar-refractivity contribution is 0.122. The van der Waals surface area contributed by atoms with Crippen LogP contribution in [0.2, 0.25) is 0 Å². The lowest BCUT2D eigenvalue weighted by atomic mass is 9.96. The average molecular weight is 229 g/mol. The van der Waals surface area contributed by atoms with Crippen molar-refractivity contribution in [1.29, 1.82) is 0 Å². The number of hydrogen-bond donors (Lipinski definition) is 2. The summed E-state index contributed by atoms with van der Waals surface area (Å²) >= 11 is 0. The first kappa shape index (κ1) is 13.9. The molecule has 0 aliphatic carbocycles. The molecule has 1 aliphatic heterocycles. The highest BCUT2D eigenvalue weighted by Gasteiger charge is 2.25. The minimum Gasteiger partial charge on any atom is -0.389 e. The molecule has 0 amide bonds. The Morgan fingerprint density at radius 2 is 2.12 bits per heavy atom. The van der Waals surface area contributed by atoms with E-state index in [1.807, 2.05) is 0 Å². The van der Waals surface area contributed by atoms with E-state index in [0.29, 0.717) is 13.2 Å². The molecule has 3 atom stereocenters. The van der Waals surface area contributed by atoms with Gasteiger partial charge in [0.05, 0.1) is 25.4 Å². The Labute approximate surface area is 99.6 Å². The first-order valence-corrected chi connectivity index (χ1v) is 6.77. The zero-order chi connectivity index (χ0) is 11.8. The summed E-state index contributed by atoms with van der Waals surface area (Å²) in [7, 11) is 0. The van der Waals surface area contributed by atoms with Gasteiger partial charge in [-0.15, -0.1) is 0 Å². The van der Waals surface area contributed by atoms with Crippen LogP contribution in [0.4, 0.5) is 0 Å². The van der Waals surface area contributed by atoms with Crippen LogP contribution in [0.15, 0.2) is 0 Å². The second kappa shape index (κ2) is 8.04. The SMILES string of the molecule is CCCCC(CC)CCNC1COCC1O. The molecule has 1 fully saturated rings. The van der Waals surface area contributed by atoms with Crippen LogP contribution in [0.1, 0.15) is 46.0 Å². The van der Waals surface area contributed by atoms with E-state index in [9.17, 15) is 5.11 Å². The molecule has 1 heterocycles. The fourth-order valence-corrected chi connectivity index (χ4v) is 2.26. The van der Waals surface area contributed by atoms with Crippen molar-refractivity contribution in [3.05, 3.63) is 0 Å². The van der Waals surface area contributed by atoms with Gasteiger partial charge in [0.1, 0.15) is 0 Å². The molecule has 0 aromatic heterocycles. The van der Waals surface area contributed by atoms with E-state index >= 15 is 0 Å². The summed E-state index contributed by atoms with van der Waals surface area (Å²) in [5.41, 5.74) is 0. The summed E-state index contributed by atoms with van der Waals surface area (Å²) < 4.78 is 5.21. The van der Waals surface area contributed by atoms with Crippen molar-refractivity contribution in [2.75, 3.05) is 19.8 Å². The van der Waals surface area contributed by atoms with E-state index in [0.717, 1.165) is 12.5 Å². The van der Waals surface area contributed by atoms with Crippen LogP contribution < -0.4 is 5.32 Å². The Balaban J connectivity index is 2.08. The second-order valence-electron chi connectivity index (χ2n) is 4.87. The molecule has 3 nitrogen and oxygen atoms in total. The van der Waals surface area contributed by atoms with E-state index in [1.54, 1.807) is 0 Å². The third kappa shape index (κ3) is 4.81. The van der Waals surface area contributed by atoms with Crippen molar-refractivity contribution in [2.45, 2.75) is 58.1 Å². The molecule has 1 saturated heterocycles. The van der Waals surface area contributed by atoms with E-state index in [2.05, 4.69) is 19.2 Å². The van der Waals surface area contributed by atoms with E-state index < -0.39 is 0 Å². The van der Waals surface area contributed by atoms with Gasteiger partial charge in [-0.05, 0) is 18.9 Å². The number of unbranched alkanes of at least 4 members (excludes halogenated alkanes) is 1. The molecule has 16 heavy (non-hydrogen) atoms. The predicted molar refractivity (Wildman–Crippen MR) is 66.5 cm³/mol. The standard InChI is InChI=1S/C13H27NO2/c1-3-5-6-11(4-2)7-8-14-12-9-16-10-13(12)15/h11-15H,3-10H2,1-2H3. The molecule has 0 spiro atoms. The van der Waals surface area contributed by atoms with Gasteiger partial charge in [0.25, 0.3) is 0 Å². The number of rotatable bonds is 8. The molecule has 0 bridgehead atoms. The number of hydrogen-bond acceptors (Lipinski definition) is 3. The van der Waals surface area contributed by atoms with Crippen molar-refractivity contribution in [3.63, 3.8) is 0 Å². The highest BCUT2D eigenvalue weighted by atomic mass is 16.5. The van der Waals surface area contributed by atoms with Crippen molar-refractivity contribution < 1.29 is 9.84 Å². The summed E-state index contributed by atoms with van der Waals surface area (Å²) in [6, 6.07) is 0.156. The van der Waals surface area contributed by atoms with Gasteiger partial charge in [-0.2, -0.15) is 0 Å². The first-order valence-electron chi connectivity index (χ1n) is 6.77. The maximum Gasteiger partial charge on any atom is 0.0948 e. The van der Waals surface area contributed by atoms with Crippen LogP contribution in [0.25, 0.3) is 0 Å². The molecular formula is C13H27NO2. The molecule has 3 heteroatoms. The maximum absolute atomic E-state index is 9.57. The first-order chi connectivity index (χ1) is 7.77. The Hall–Kier alpha value is -0.120. The number of aliphatic hydroxyl groups excluding tert-OH is 1. The lowest BCUT2D eigenvalue weighted by Gasteiger charge is -2.18. The highest BCUT2D eigenvalue weighted by Crippen LogP contribution is 2.16. The molecule has 3 unspecified atom stereocenters. The van der Waals surface area contributed by atoms with E-state index in [4.69, 9.17) is 4.74 Å². The van der Waals surface area contributed by atoms with Crippen LogP contribution in [0.5, 0.6) is 0 Å². The van der Waals surface area contributed by atoms with Gasteiger partial charge in [-0.1, -0.05) is 39.5 Å². The van der Waals surface area contributed by atoms with Gasteiger partial charge in [-0.25, -0.2) is 0 Å². The molecule has 0 aromatic rings. The third-order valence-electron chi connectivity index (χ3n) is 3.55. The van der Waals surface area contributed by atoms with E-state index in [-0.39, 0.29) is 12.1 Å². The van der Waals surface area contributed by atoms with Crippen LogP contribution in [0.3, 0.4) is 0 Å². The zero-order valence-corrected chi connectivity index (χ0v) is 10.7. The Morgan fingerprint density at radius 1 is 1.31 bits per heavy atom. The molecule has 1 rings (SSSR count). The molecule has 0 radical (unpaired) electrons. The van der Waals surface area contributed by atoms with Crippen LogP contribution >= 0.6 is 0 Å². The van der Waals surface area contributed by atoms with Gasteiger partial charge in [0.2, 0.25) is 0 Å². The third-order valence-corrected chi connectivity index (χ3v) is 3.55. The fraction of sp³-hybridized carbons (Fsp3) is 1.00. The molecule has 96 valence electrons. The van der Waals surface area contributed by atoms with Gasteiger partial charge in [0.15, 0.2) is 0 Å². The Bertz CT molecular complexity index is 175. The minimum atomic E-state index is -0.310. The number of nitrogens with one attached hydrogen (secondary N) is 1. The molecular weight excluding hydrogens is 202 g/mol. The van der Waals surface area contributed by atoms with Crippen molar-refractivity contribution >= 4 is 0 Å².